The maximum Gasteiger partial charge on any atom is 0.220 e. The maximum atomic E-state index is 12.1. The molecule has 18 heavy (non-hydrogen) atoms. The SMILES string of the molecule is CCC1(CNC(=O)CC2(CN)CCCCC2)CC1. The highest BCUT2D eigenvalue weighted by atomic mass is 16.1. The van der Waals surface area contributed by atoms with Crippen LogP contribution < -0.4 is 11.1 Å². The minimum Gasteiger partial charge on any atom is -0.356 e. The molecule has 3 N–H and O–H groups in total. The van der Waals surface area contributed by atoms with Gasteiger partial charge in [-0.2, -0.15) is 0 Å². The van der Waals surface area contributed by atoms with Crippen LogP contribution in [0, 0.1) is 10.8 Å². The fourth-order valence-electron chi connectivity index (χ4n) is 3.28. The van der Waals surface area contributed by atoms with Crippen molar-refractivity contribution < 1.29 is 4.79 Å². The van der Waals surface area contributed by atoms with Crippen molar-refractivity contribution in [2.45, 2.75) is 64.7 Å². The highest BCUT2D eigenvalue weighted by Gasteiger charge is 2.41. The molecule has 0 aromatic carbocycles. The van der Waals surface area contributed by atoms with E-state index in [1.165, 1.54) is 38.5 Å². The van der Waals surface area contributed by atoms with Crippen LogP contribution in [0.4, 0.5) is 0 Å². The van der Waals surface area contributed by atoms with E-state index in [9.17, 15) is 4.79 Å². The van der Waals surface area contributed by atoms with Gasteiger partial charge in [-0.15, -0.1) is 0 Å². The third kappa shape index (κ3) is 3.25. The van der Waals surface area contributed by atoms with Crippen LogP contribution in [0.15, 0.2) is 0 Å². The molecule has 0 atom stereocenters. The Morgan fingerprint density at radius 1 is 1.11 bits per heavy atom. The zero-order valence-electron chi connectivity index (χ0n) is 11.8. The number of hydrogen-bond acceptors (Lipinski definition) is 2. The molecule has 0 heterocycles. The summed E-state index contributed by atoms with van der Waals surface area (Å²) in [7, 11) is 0. The van der Waals surface area contributed by atoms with Gasteiger partial charge in [0.05, 0.1) is 0 Å². The fraction of sp³-hybridized carbons (Fsp3) is 0.933. The molecule has 2 fully saturated rings. The topological polar surface area (TPSA) is 55.1 Å². The second-order valence-electron chi connectivity index (χ2n) is 6.57. The van der Waals surface area contributed by atoms with Crippen LogP contribution in [-0.4, -0.2) is 19.0 Å². The number of amides is 1. The summed E-state index contributed by atoms with van der Waals surface area (Å²) < 4.78 is 0. The van der Waals surface area contributed by atoms with E-state index >= 15 is 0 Å². The van der Waals surface area contributed by atoms with E-state index in [-0.39, 0.29) is 11.3 Å². The molecule has 2 saturated carbocycles. The highest BCUT2D eigenvalue weighted by Crippen LogP contribution is 2.48. The van der Waals surface area contributed by atoms with Crippen LogP contribution in [0.2, 0.25) is 0 Å². The van der Waals surface area contributed by atoms with Crippen molar-refractivity contribution >= 4 is 5.91 Å². The molecule has 1 amide bonds. The Bertz CT molecular complexity index is 291. The number of hydrogen-bond donors (Lipinski definition) is 2. The first-order chi connectivity index (χ1) is 8.64. The molecule has 0 aromatic heterocycles. The second-order valence-corrected chi connectivity index (χ2v) is 6.57. The second kappa shape index (κ2) is 5.60. The summed E-state index contributed by atoms with van der Waals surface area (Å²) in [4.78, 5) is 12.1. The molecular weight excluding hydrogens is 224 g/mol. The van der Waals surface area contributed by atoms with Crippen LogP contribution >= 0.6 is 0 Å². The van der Waals surface area contributed by atoms with Crippen LogP contribution in [0.25, 0.3) is 0 Å². The lowest BCUT2D eigenvalue weighted by Crippen LogP contribution is -2.40. The summed E-state index contributed by atoms with van der Waals surface area (Å²) in [6.07, 6.45) is 10.5. The van der Waals surface area contributed by atoms with Gasteiger partial charge in [0, 0.05) is 13.0 Å². The number of carbonyl (C=O) groups is 1. The molecular formula is C15H28N2O. The van der Waals surface area contributed by atoms with Gasteiger partial charge in [0.15, 0.2) is 0 Å². The van der Waals surface area contributed by atoms with Gasteiger partial charge in [-0.25, -0.2) is 0 Å². The molecule has 3 nitrogen and oxygen atoms in total. The van der Waals surface area contributed by atoms with Crippen molar-refractivity contribution in [1.82, 2.24) is 5.32 Å². The Kier molecular flexibility index (Phi) is 4.31. The molecule has 0 aromatic rings. The Labute approximate surface area is 111 Å². The zero-order valence-corrected chi connectivity index (χ0v) is 11.8. The van der Waals surface area contributed by atoms with Crippen molar-refractivity contribution in [2.24, 2.45) is 16.6 Å². The Morgan fingerprint density at radius 2 is 1.78 bits per heavy atom. The summed E-state index contributed by atoms with van der Waals surface area (Å²) in [5, 5.41) is 3.15. The average Bonchev–Trinajstić information content (AvgIpc) is 3.18. The van der Waals surface area contributed by atoms with Gasteiger partial charge >= 0.3 is 0 Å². The van der Waals surface area contributed by atoms with Crippen molar-refractivity contribution in [1.29, 1.82) is 0 Å². The standard InChI is InChI=1S/C15H28N2O/c1-2-14(8-9-14)12-17-13(18)10-15(11-16)6-4-3-5-7-15/h2-12,16H2,1H3,(H,17,18). The normalized spacial score (nSPS) is 24.6. The Balaban J connectivity index is 1.78. The van der Waals surface area contributed by atoms with Gasteiger partial charge in [0.25, 0.3) is 0 Å². The van der Waals surface area contributed by atoms with Crippen molar-refractivity contribution in [3.05, 3.63) is 0 Å². The van der Waals surface area contributed by atoms with E-state index in [0.29, 0.717) is 18.4 Å². The number of carbonyl (C=O) groups excluding carboxylic acids is 1. The predicted octanol–water partition coefficient (Wildman–Crippen LogP) is 2.59. The van der Waals surface area contributed by atoms with Crippen LogP contribution in [0.3, 0.4) is 0 Å². The monoisotopic (exact) mass is 252 g/mol. The molecule has 0 saturated heterocycles. The van der Waals surface area contributed by atoms with E-state index in [1.54, 1.807) is 0 Å². The first-order valence-corrected chi connectivity index (χ1v) is 7.61. The van der Waals surface area contributed by atoms with Crippen LogP contribution in [0.1, 0.15) is 64.7 Å². The lowest BCUT2D eigenvalue weighted by atomic mass is 9.71. The van der Waals surface area contributed by atoms with E-state index in [4.69, 9.17) is 5.73 Å². The lowest BCUT2D eigenvalue weighted by molar-refractivity contribution is -0.124. The van der Waals surface area contributed by atoms with E-state index in [0.717, 1.165) is 19.4 Å². The van der Waals surface area contributed by atoms with Crippen molar-refractivity contribution in [2.75, 3.05) is 13.1 Å². The van der Waals surface area contributed by atoms with Gasteiger partial charge in [-0.05, 0) is 49.5 Å². The number of nitrogens with two attached hydrogens (primary N) is 1. The molecule has 3 heteroatoms. The Morgan fingerprint density at radius 3 is 2.28 bits per heavy atom. The fourth-order valence-corrected chi connectivity index (χ4v) is 3.28. The molecule has 2 rings (SSSR count). The molecule has 2 aliphatic carbocycles. The molecule has 0 unspecified atom stereocenters. The quantitative estimate of drug-likeness (QED) is 0.763. The smallest absolute Gasteiger partial charge is 0.220 e. The Hall–Kier alpha value is -0.570. The lowest BCUT2D eigenvalue weighted by Gasteiger charge is -2.35. The third-order valence-electron chi connectivity index (χ3n) is 5.25. The van der Waals surface area contributed by atoms with Crippen molar-refractivity contribution in [3.63, 3.8) is 0 Å². The van der Waals surface area contributed by atoms with E-state index in [2.05, 4.69) is 12.2 Å². The van der Waals surface area contributed by atoms with Gasteiger partial charge in [-0.3, -0.25) is 4.79 Å². The van der Waals surface area contributed by atoms with Crippen molar-refractivity contribution in [3.8, 4) is 0 Å². The summed E-state index contributed by atoms with van der Waals surface area (Å²) in [5.41, 5.74) is 6.47. The number of rotatable bonds is 6. The number of nitrogens with one attached hydrogen (secondary N) is 1. The van der Waals surface area contributed by atoms with Gasteiger partial charge in [0.2, 0.25) is 5.91 Å². The molecule has 0 aliphatic heterocycles. The summed E-state index contributed by atoms with van der Waals surface area (Å²) in [6.45, 7) is 3.77. The van der Waals surface area contributed by atoms with Gasteiger partial charge in [-0.1, -0.05) is 26.2 Å². The zero-order chi connectivity index (χ0) is 13.1. The maximum absolute atomic E-state index is 12.1. The molecule has 0 radical (unpaired) electrons. The highest BCUT2D eigenvalue weighted by molar-refractivity contribution is 5.76. The first kappa shape index (κ1) is 13.9. The molecule has 2 aliphatic rings. The molecule has 0 bridgehead atoms. The predicted molar refractivity (Wildman–Crippen MR) is 74.2 cm³/mol. The van der Waals surface area contributed by atoms with E-state index in [1.807, 2.05) is 0 Å². The first-order valence-electron chi connectivity index (χ1n) is 7.61. The molecule has 104 valence electrons. The van der Waals surface area contributed by atoms with Gasteiger partial charge in [0.1, 0.15) is 0 Å². The summed E-state index contributed by atoms with van der Waals surface area (Å²) >= 11 is 0. The average molecular weight is 252 g/mol. The summed E-state index contributed by atoms with van der Waals surface area (Å²) in [5.74, 6) is 0.224. The molecule has 0 spiro atoms. The third-order valence-corrected chi connectivity index (χ3v) is 5.25. The van der Waals surface area contributed by atoms with Crippen LogP contribution in [0.5, 0.6) is 0 Å². The minimum atomic E-state index is 0.102. The summed E-state index contributed by atoms with van der Waals surface area (Å²) in [6, 6.07) is 0. The minimum absolute atomic E-state index is 0.102. The van der Waals surface area contributed by atoms with Crippen LogP contribution in [-0.2, 0) is 4.79 Å². The van der Waals surface area contributed by atoms with E-state index < -0.39 is 0 Å². The van der Waals surface area contributed by atoms with Gasteiger partial charge < -0.3 is 11.1 Å². The largest absolute Gasteiger partial charge is 0.356 e.